The molecule has 0 aromatic rings. The molecule has 25 heavy (non-hydrogen) atoms. The third-order valence-electron chi connectivity index (χ3n) is 9.24. The molecule has 0 aromatic carbocycles. The molecule has 0 bridgehead atoms. The fraction of sp³-hybridized carbons (Fsp3) is 0.952. The summed E-state index contributed by atoms with van der Waals surface area (Å²) in [7, 11) is 0. The first kappa shape index (κ1) is 16.7. The van der Waals surface area contributed by atoms with E-state index in [1.54, 1.807) is 0 Å². The maximum Gasteiger partial charge on any atom is 0.174 e. The molecule has 5 fully saturated rings. The minimum Gasteiger partial charge on any atom is -0.393 e. The first-order valence-corrected chi connectivity index (χ1v) is 10.4. The summed E-state index contributed by atoms with van der Waals surface area (Å²) in [6.45, 7) is 6.15. The van der Waals surface area contributed by atoms with Gasteiger partial charge in [0.1, 0.15) is 5.78 Å². The largest absolute Gasteiger partial charge is 0.393 e. The van der Waals surface area contributed by atoms with Crippen LogP contribution in [0.3, 0.4) is 0 Å². The van der Waals surface area contributed by atoms with Crippen LogP contribution in [0.4, 0.5) is 0 Å². The number of ketones is 1. The van der Waals surface area contributed by atoms with Gasteiger partial charge < -0.3 is 14.6 Å². The zero-order valence-electron chi connectivity index (χ0n) is 15.6. The molecular formula is C21H32O4. The van der Waals surface area contributed by atoms with E-state index in [1.807, 2.05) is 0 Å². The fourth-order valence-corrected chi connectivity index (χ4v) is 7.80. The molecule has 1 spiro atoms. The predicted octanol–water partition coefficient (Wildman–Crippen LogP) is 3.31. The van der Waals surface area contributed by atoms with E-state index in [4.69, 9.17) is 9.47 Å². The highest BCUT2D eigenvalue weighted by Gasteiger charge is 2.68. The predicted molar refractivity (Wildman–Crippen MR) is 92.8 cm³/mol. The number of ether oxygens (including phenoxy) is 2. The lowest BCUT2D eigenvalue weighted by atomic mass is 9.44. The molecule has 1 saturated heterocycles. The van der Waals surface area contributed by atoms with Crippen molar-refractivity contribution in [3.8, 4) is 0 Å². The van der Waals surface area contributed by atoms with Gasteiger partial charge in [-0.3, -0.25) is 4.79 Å². The Morgan fingerprint density at radius 1 is 1.00 bits per heavy atom. The van der Waals surface area contributed by atoms with Crippen molar-refractivity contribution in [3.05, 3.63) is 0 Å². The van der Waals surface area contributed by atoms with Crippen LogP contribution in [0.25, 0.3) is 0 Å². The van der Waals surface area contributed by atoms with E-state index in [9.17, 15) is 9.90 Å². The number of Topliss-reactive ketones (excluding diaryl/α,β-unsaturated/α-hetero) is 1. The van der Waals surface area contributed by atoms with Crippen molar-refractivity contribution < 1.29 is 19.4 Å². The van der Waals surface area contributed by atoms with E-state index < -0.39 is 5.79 Å². The second-order valence-corrected chi connectivity index (χ2v) is 9.98. The average molecular weight is 348 g/mol. The summed E-state index contributed by atoms with van der Waals surface area (Å²) >= 11 is 0. The first-order chi connectivity index (χ1) is 11.9. The van der Waals surface area contributed by atoms with Crippen LogP contribution >= 0.6 is 0 Å². The smallest absolute Gasteiger partial charge is 0.174 e. The summed E-state index contributed by atoms with van der Waals surface area (Å²) < 4.78 is 12.3. The first-order valence-electron chi connectivity index (χ1n) is 10.4. The zero-order chi connectivity index (χ0) is 17.4. The van der Waals surface area contributed by atoms with Crippen LogP contribution in [-0.2, 0) is 14.3 Å². The number of hydrogen-bond donors (Lipinski definition) is 1. The Bertz CT molecular complexity index is 582. The van der Waals surface area contributed by atoms with Crippen molar-refractivity contribution in [2.75, 3.05) is 13.2 Å². The highest BCUT2D eigenvalue weighted by atomic mass is 16.7. The standard InChI is InChI=1S/C21H32O4/c1-19-6-3-14(22)11-13(19)12-17(23)18-15(19)4-7-20(2)16(18)5-8-21(20)24-9-10-25-21/h13-16,18,22H,3-12H2,1-2H3/t13-,14-,15+,16+,18-,19+,20+/m1/s1. The second kappa shape index (κ2) is 5.30. The van der Waals surface area contributed by atoms with Gasteiger partial charge in [0.15, 0.2) is 5.79 Å². The summed E-state index contributed by atoms with van der Waals surface area (Å²) in [5.74, 6) is 1.49. The van der Waals surface area contributed by atoms with Crippen molar-refractivity contribution in [1.29, 1.82) is 0 Å². The fourth-order valence-electron chi connectivity index (χ4n) is 7.80. The van der Waals surface area contributed by atoms with Gasteiger partial charge in [-0.15, -0.1) is 0 Å². The van der Waals surface area contributed by atoms with Crippen LogP contribution in [0.2, 0.25) is 0 Å². The van der Waals surface area contributed by atoms with E-state index in [1.165, 1.54) is 0 Å². The van der Waals surface area contributed by atoms with Crippen molar-refractivity contribution in [1.82, 2.24) is 0 Å². The van der Waals surface area contributed by atoms with E-state index in [2.05, 4.69) is 13.8 Å². The van der Waals surface area contributed by atoms with Crippen molar-refractivity contribution in [2.24, 2.45) is 34.5 Å². The molecule has 1 aliphatic heterocycles. The van der Waals surface area contributed by atoms with E-state index in [0.29, 0.717) is 43.2 Å². The summed E-state index contributed by atoms with van der Waals surface area (Å²) in [6.07, 6.45) is 7.51. The Kier molecular flexibility index (Phi) is 3.54. The normalized spacial score (nSPS) is 54.2. The molecule has 1 heterocycles. The summed E-state index contributed by atoms with van der Waals surface area (Å²) in [4.78, 5) is 13.3. The maximum absolute atomic E-state index is 13.3. The van der Waals surface area contributed by atoms with E-state index >= 15 is 0 Å². The molecular weight excluding hydrogens is 316 g/mol. The Labute approximate surface area is 150 Å². The summed E-state index contributed by atoms with van der Waals surface area (Å²) in [6, 6.07) is 0. The number of fused-ring (bicyclic) bond motifs is 6. The lowest BCUT2D eigenvalue weighted by Crippen LogP contribution is -2.59. The van der Waals surface area contributed by atoms with Crippen LogP contribution in [0, 0.1) is 34.5 Å². The number of aliphatic hydroxyl groups is 1. The van der Waals surface area contributed by atoms with Crippen LogP contribution in [0.1, 0.15) is 65.2 Å². The monoisotopic (exact) mass is 348 g/mol. The molecule has 1 N–H and O–H groups in total. The molecule has 7 atom stereocenters. The number of carbonyl (C=O) groups is 1. The van der Waals surface area contributed by atoms with Gasteiger partial charge >= 0.3 is 0 Å². The highest BCUT2D eigenvalue weighted by molar-refractivity contribution is 5.83. The molecule has 0 aromatic heterocycles. The van der Waals surface area contributed by atoms with Crippen molar-refractivity contribution >= 4 is 5.78 Å². The minimum atomic E-state index is -0.427. The van der Waals surface area contributed by atoms with Crippen molar-refractivity contribution in [2.45, 2.75) is 77.1 Å². The number of carbonyl (C=O) groups excluding carboxylic acids is 1. The Balaban J connectivity index is 1.50. The van der Waals surface area contributed by atoms with Gasteiger partial charge in [-0.1, -0.05) is 13.8 Å². The quantitative estimate of drug-likeness (QED) is 0.730. The van der Waals surface area contributed by atoms with Crippen LogP contribution in [0.5, 0.6) is 0 Å². The van der Waals surface area contributed by atoms with Gasteiger partial charge in [-0.05, 0) is 61.7 Å². The molecule has 0 radical (unpaired) electrons. The molecule has 4 aliphatic carbocycles. The molecule has 4 nitrogen and oxygen atoms in total. The van der Waals surface area contributed by atoms with Gasteiger partial charge in [0.25, 0.3) is 0 Å². The molecule has 4 heteroatoms. The third-order valence-corrected chi connectivity index (χ3v) is 9.24. The minimum absolute atomic E-state index is 0.0162. The van der Waals surface area contributed by atoms with Crippen LogP contribution < -0.4 is 0 Å². The average Bonchev–Trinajstić information content (AvgIpc) is 3.17. The number of aliphatic hydroxyl groups excluding tert-OH is 1. The second-order valence-electron chi connectivity index (χ2n) is 9.98. The Morgan fingerprint density at radius 3 is 2.48 bits per heavy atom. The third kappa shape index (κ3) is 2.02. The SMILES string of the molecule is C[C@]12CC[C@@H](O)C[C@@H]1CC(=O)[C@@H]1[C@@H]2CC[C@@]2(C)[C@H]1CCC21OCCO1. The van der Waals surface area contributed by atoms with E-state index in [-0.39, 0.29) is 22.9 Å². The van der Waals surface area contributed by atoms with Crippen LogP contribution in [-0.4, -0.2) is 36.0 Å². The lowest BCUT2D eigenvalue weighted by Gasteiger charge is -2.60. The lowest BCUT2D eigenvalue weighted by molar-refractivity contribution is -0.245. The maximum atomic E-state index is 13.3. The Morgan fingerprint density at radius 2 is 1.72 bits per heavy atom. The Hall–Kier alpha value is -0.450. The topological polar surface area (TPSA) is 55.8 Å². The molecule has 4 saturated carbocycles. The molecule has 140 valence electrons. The van der Waals surface area contributed by atoms with Gasteiger partial charge in [0.05, 0.1) is 19.3 Å². The van der Waals surface area contributed by atoms with Crippen LogP contribution in [0.15, 0.2) is 0 Å². The van der Waals surface area contributed by atoms with Gasteiger partial charge in [0.2, 0.25) is 0 Å². The number of hydrogen-bond acceptors (Lipinski definition) is 4. The van der Waals surface area contributed by atoms with Gasteiger partial charge in [-0.2, -0.15) is 0 Å². The summed E-state index contributed by atoms with van der Waals surface area (Å²) in [5, 5.41) is 10.1. The molecule has 0 unspecified atom stereocenters. The summed E-state index contributed by atoms with van der Waals surface area (Å²) in [5.41, 5.74) is 0.212. The molecule has 5 aliphatic rings. The van der Waals surface area contributed by atoms with Crippen molar-refractivity contribution in [3.63, 3.8) is 0 Å². The molecule has 0 amide bonds. The van der Waals surface area contributed by atoms with Gasteiger partial charge in [-0.25, -0.2) is 0 Å². The zero-order valence-corrected chi connectivity index (χ0v) is 15.6. The number of rotatable bonds is 0. The van der Waals surface area contributed by atoms with E-state index in [0.717, 1.165) is 44.9 Å². The van der Waals surface area contributed by atoms with Gasteiger partial charge in [0, 0.05) is 24.2 Å². The molecule has 5 rings (SSSR count). The highest BCUT2D eigenvalue weighted by Crippen LogP contribution is 2.68.